The van der Waals surface area contributed by atoms with Gasteiger partial charge in [0.05, 0.1) is 145 Å². The minimum absolute atomic E-state index is 0.237. The molecule has 274 valence electrons. The van der Waals surface area contributed by atoms with E-state index in [2.05, 4.69) is 5.32 Å². The SMILES string of the molecule is O=C(NCCOCCOCCOCCOCCOCCOCCOCCOCCOCCOCCOCCCl)OCc1ccccc1. The van der Waals surface area contributed by atoms with Crippen LogP contribution in [0.2, 0.25) is 0 Å². The van der Waals surface area contributed by atoms with E-state index in [1.54, 1.807) is 0 Å². The van der Waals surface area contributed by atoms with Gasteiger partial charge in [0.1, 0.15) is 6.61 Å². The maximum Gasteiger partial charge on any atom is 0.407 e. The van der Waals surface area contributed by atoms with E-state index in [-0.39, 0.29) is 6.61 Å². The molecule has 0 aliphatic rings. The van der Waals surface area contributed by atoms with Gasteiger partial charge in [0, 0.05) is 12.4 Å². The summed E-state index contributed by atoms with van der Waals surface area (Å²) in [6.45, 7) is 11.5. The summed E-state index contributed by atoms with van der Waals surface area (Å²) in [5.74, 6) is 0.493. The van der Waals surface area contributed by atoms with Gasteiger partial charge >= 0.3 is 6.09 Å². The van der Waals surface area contributed by atoms with E-state index in [1.165, 1.54) is 0 Å². The second-order valence-corrected chi connectivity index (χ2v) is 9.79. The Morgan fingerprint density at radius 1 is 0.447 bits per heavy atom. The molecule has 0 aromatic heterocycles. The third-order valence-corrected chi connectivity index (χ3v) is 5.82. The monoisotopic (exact) mass is 697 g/mol. The normalized spacial score (nSPS) is 11.3. The lowest BCUT2D eigenvalue weighted by atomic mass is 10.2. The molecule has 1 amide bonds. The molecule has 0 saturated heterocycles. The maximum atomic E-state index is 11.6. The van der Waals surface area contributed by atoms with Crippen LogP contribution < -0.4 is 5.32 Å². The minimum atomic E-state index is -0.470. The Hall–Kier alpha value is -1.66. The minimum Gasteiger partial charge on any atom is -0.445 e. The van der Waals surface area contributed by atoms with Crippen LogP contribution in [0, 0.1) is 0 Å². The Balaban J connectivity index is 1.63. The number of nitrogens with one attached hydrogen (secondary N) is 1. The lowest BCUT2D eigenvalue weighted by Gasteiger charge is -2.09. The van der Waals surface area contributed by atoms with Crippen molar-refractivity contribution in [1.29, 1.82) is 0 Å². The van der Waals surface area contributed by atoms with Crippen molar-refractivity contribution in [2.45, 2.75) is 6.61 Å². The zero-order chi connectivity index (χ0) is 33.6. The summed E-state index contributed by atoms with van der Waals surface area (Å²) < 4.78 is 64.7. The predicted molar refractivity (Wildman–Crippen MR) is 174 cm³/mol. The molecule has 14 nitrogen and oxygen atoms in total. The van der Waals surface area contributed by atoms with Crippen LogP contribution in [0.15, 0.2) is 30.3 Å². The van der Waals surface area contributed by atoms with Crippen molar-refractivity contribution < 1.29 is 61.6 Å². The number of rotatable bonds is 37. The summed E-state index contributed by atoms with van der Waals surface area (Å²) in [7, 11) is 0. The second kappa shape index (κ2) is 37.2. The molecule has 0 fully saturated rings. The quantitative estimate of drug-likeness (QED) is 0.0805. The fraction of sp³-hybridized carbons (Fsp3) is 0.781. The molecule has 1 rings (SSSR count). The smallest absolute Gasteiger partial charge is 0.407 e. The highest BCUT2D eigenvalue weighted by atomic mass is 35.5. The zero-order valence-corrected chi connectivity index (χ0v) is 28.5. The fourth-order valence-electron chi connectivity index (χ4n) is 3.36. The van der Waals surface area contributed by atoms with Gasteiger partial charge in [-0.25, -0.2) is 4.79 Å². The predicted octanol–water partition coefficient (Wildman–Crippen LogP) is 2.33. The molecule has 0 atom stereocenters. The lowest BCUT2D eigenvalue weighted by molar-refractivity contribution is -0.0273. The molecule has 0 aliphatic carbocycles. The van der Waals surface area contributed by atoms with Crippen LogP contribution in [0.3, 0.4) is 0 Å². The lowest BCUT2D eigenvalue weighted by Crippen LogP contribution is -2.28. The van der Waals surface area contributed by atoms with Gasteiger partial charge in [-0.1, -0.05) is 30.3 Å². The summed E-state index contributed by atoms with van der Waals surface area (Å²) in [6.07, 6.45) is -0.470. The Labute approximate surface area is 284 Å². The van der Waals surface area contributed by atoms with Crippen LogP contribution in [0.25, 0.3) is 0 Å². The standard InChI is InChI=1S/C32H56ClNO13/c33-6-8-36-10-12-38-14-16-40-18-20-42-22-24-44-26-28-46-29-27-45-25-23-43-21-19-41-17-15-39-13-11-37-9-7-34-32(35)47-30-31-4-2-1-3-5-31/h1-5H,6-30H2,(H,34,35). The number of benzene rings is 1. The molecule has 0 saturated carbocycles. The number of carbonyl (C=O) groups excluding carboxylic acids is 1. The average molecular weight is 698 g/mol. The summed E-state index contributed by atoms with van der Waals surface area (Å²) >= 11 is 5.51. The third kappa shape index (κ3) is 34.0. The molecule has 0 radical (unpaired) electrons. The average Bonchev–Trinajstić information content (AvgIpc) is 3.09. The number of hydrogen-bond acceptors (Lipinski definition) is 13. The largest absolute Gasteiger partial charge is 0.445 e. The fourth-order valence-corrected chi connectivity index (χ4v) is 3.46. The number of hydrogen-bond donors (Lipinski definition) is 1. The molecule has 1 aromatic carbocycles. The maximum absolute atomic E-state index is 11.6. The molecule has 1 N–H and O–H groups in total. The molecule has 0 bridgehead atoms. The second-order valence-electron chi connectivity index (χ2n) is 9.41. The van der Waals surface area contributed by atoms with Crippen molar-refractivity contribution in [3.05, 3.63) is 35.9 Å². The molecule has 15 heteroatoms. The van der Waals surface area contributed by atoms with E-state index >= 15 is 0 Å². The van der Waals surface area contributed by atoms with Crippen molar-refractivity contribution in [2.75, 3.05) is 158 Å². The van der Waals surface area contributed by atoms with Gasteiger partial charge in [-0.15, -0.1) is 11.6 Å². The van der Waals surface area contributed by atoms with Gasteiger partial charge in [-0.3, -0.25) is 0 Å². The summed E-state index contributed by atoms with van der Waals surface area (Å²) in [5.41, 5.74) is 0.937. The van der Waals surface area contributed by atoms with Gasteiger partial charge in [0.2, 0.25) is 0 Å². The van der Waals surface area contributed by atoms with E-state index in [1.807, 2.05) is 30.3 Å². The van der Waals surface area contributed by atoms with Crippen LogP contribution >= 0.6 is 11.6 Å². The summed E-state index contributed by atoms with van der Waals surface area (Å²) in [4.78, 5) is 11.6. The summed E-state index contributed by atoms with van der Waals surface area (Å²) in [6, 6.07) is 9.50. The van der Waals surface area contributed by atoms with Crippen molar-refractivity contribution in [1.82, 2.24) is 5.32 Å². The van der Waals surface area contributed by atoms with Crippen LogP contribution in [-0.4, -0.2) is 164 Å². The van der Waals surface area contributed by atoms with E-state index in [9.17, 15) is 4.79 Å². The molecule has 0 heterocycles. The van der Waals surface area contributed by atoms with Crippen LogP contribution in [0.5, 0.6) is 0 Å². The van der Waals surface area contributed by atoms with Crippen molar-refractivity contribution in [2.24, 2.45) is 0 Å². The summed E-state index contributed by atoms with van der Waals surface area (Å²) in [5, 5.41) is 2.64. The highest BCUT2D eigenvalue weighted by Crippen LogP contribution is 2.00. The van der Waals surface area contributed by atoms with Gasteiger partial charge in [0.25, 0.3) is 0 Å². The van der Waals surface area contributed by atoms with Gasteiger partial charge in [-0.05, 0) is 5.56 Å². The topological polar surface area (TPSA) is 140 Å². The van der Waals surface area contributed by atoms with E-state index in [4.69, 9.17) is 68.4 Å². The first-order chi connectivity index (χ1) is 23.3. The first kappa shape index (κ1) is 43.4. The molecular weight excluding hydrogens is 642 g/mol. The highest BCUT2D eigenvalue weighted by Gasteiger charge is 2.02. The van der Waals surface area contributed by atoms with Crippen molar-refractivity contribution in [3.63, 3.8) is 0 Å². The molecule has 0 spiro atoms. The molecule has 47 heavy (non-hydrogen) atoms. The Kier molecular flexibility index (Phi) is 34.3. The number of ether oxygens (including phenoxy) is 12. The number of carbonyl (C=O) groups is 1. The Bertz CT molecular complexity index is 770. The van der Waals surface area contributed by atoms with Crippen molar-refractivity contribution >= 4 is 17.7 Å². The first-order valence-corrected chi connectivity index (χ1v) is 16.7. The number of alkyl carbamates (subject to hydrolysis) is 1. The molecule has 0 aliphatic heterocycles. The van der Waals surface area contributed by atoms with Crippen molar-refractivity contribution in [3.8, 4) is 0 Å². The zero-order valence-electron chi connectivity index (χ0n) is 27.7. The third-order valence-electron chi connectivity index (χ3n) is 5.67. The highest BCUT2D eigenvalue weighted by molar-refractivity contribution is 6.17. The first-order valence-electron chi connectivity index (χ1n) is 16.2. The number of amides is 1. The van der Waals surface area contributed by atoms with E-state index < -0.39 is 6.09 Å². The van der Waals surface area contributed by atoms with Gasteiger partial charge in [-0.2, -0.15) is 0 Å². The van der Waals surface area contributed by atoms with Crippen LogP contribution in [-0.2, 0) is 63.4 Å². The Morgan fingerprint density at radius 3 is 1.06 bits per heavy atom. The molecular formula is C32H56ClNO13. The van der Waals surface area contributed by atoms with Crippen LogP contribution in [0.4, 0.5) is 4.79 Å². The van der Waals surface area contributed by atoms with E-state index in [0.29, 0.717) is 158 Å². The van der Waals surface area contributed by atoms with E-state index in [0.717, 1.165) is 5.56 Å². The molecule has 0 unspecified atom stereocenters. The van der Waals surface area contributed by atoms with Crippen LogP contribution in [0.1, 0.15) is 5.56 Å². The Morgan fingerprint density at radius 2 is 0.745 bits per heavy atom. The number of halogens is 1. The molecule has 1 aromatic rings. The van der Waals surface area contributed by atoms with Gasteiger partial charge < -0.3 is 62.2 Å². The number of alkyl halides is 1. The van der Waals surface area contributed by atoms with Gasteiger partial charge in [0.15, 0.2) is 0 Å².